The Kier molecular flexibility index (Phi) is 6.74. The lowest BCUT2D eigenvalue weighted by Gasteiger charge is -2.18. The third-order valence-corrected chi connectivity index (χ3v) is 3.39. The van der Waals surface area contributed by atoms with Crippen molar-refractivity contribution in [2.75, 3.05) is 33.7 Å². The molecule has 19 heavy (non-hydrogen) atoms. The molecule has 0 radical (unpaired) electrons. The molecular formula is C16H25FN2. The van der Waals surface area contributed by atoms with Crippen LogP contribution < -0.4 is 5.32 Å². The van der Waals surface area contributed by atoms with Gasteiger partial charge in [-0.15, -0.1) is 0 Å². The maximum Gasteiger partial charge on any atom is 0.123 e. The van der Waals surface area contributed by atoms with Crippen molar-refractivity contribution in [3.8, 4) is 0 Å². The van der Waals surface area contributed by atoms with E-state index in [9.17, 15) is 4.39 Å². The van der Waals surface area contributed by atoms with E-state index in [0.717, 1.165) is 43.6 Å². The number of benzene rings is 1. The molecule has 1 aromatic carbocycles. The standard InChI is InChI=1S/C16H25FN2/c1-5-13(2)16-12-15(17)7-6-14(16)8-10-19(4)11-9-18-3/h6-7,12,18H,2,5,8-11H2,1,3-4H3. The maximum atomic E-state index is 13.3. The molecule has 106 valence electrons. The van der Waals surface area contributed by atoms with Crippen molar-refractivity contribution in [3.05, 3.63) is 41.7 Å². The Morgan fingerprint density at radius 2 is 2.11 bits per heavy atom. The zero-order valence-electron chi connectivity index (χ0n) is 12.3. The molecule has 1 N–H and O–H groups in total. The van der Waals surface area contributed by atoms with Gasteiger partial charge in [-0.05, 0) is 55.8 Å². The van der Waals surface area contributed by atoms with Gasteiger partial charge in [0.05, 0.1) is 0 Å². The molecule has 0 unspecified atom stereocenters. The van der Waals surface area contributed by atoms with E-state index in [1.807, 2.05) is 13.1 Å². The molecule has 1 rings (SSSR count). The zero-order chi connectivity index (χ0) is 14.3. The predicted octanol–water partition coefficient (Wildman–Crippen LogP) is 2.94. The van der Waals surface area contributed by atoms with Gasteiger partial charge >= 0.3 is 0 Å². The summed E-state index contributed by atoms with van der Waals surface area (Å²) in [6, 6.07) is 5.03. The second kappa shape index (κ2) is 8.08. The van der Waals surface area contributed by atoms with E-state index < -0.39 is 0 Å². The van der Waals surface area contributed by atoms with Crippen LogP contribution in [0.25, 0.3) is 5.57 Å². The highest BCUT2D eigenvalue weighted by Crippen LogP contribution is 2.22. The van der Waals surface area contributed by atoms with Crippen molar-refractivity contribution in [2.24, 2.45) is 0 Å². The molecule has 0 amide bonds. The summed E-state index contributed by atoms with van der Waals surface area (Å²) in [4.78, 5) is 2.28. The molecule has 0 atom stereocenters. The fraction of sp³-hybridized carbons (Fsp3) is 0.500. The summed E-state index contributed by atoms with van der Waals surface area (Å²) < 4.78 is 13.3. The molecule has 2 nitrogen and oxygen atoms in total. The van der Waals surface area contributed by atoms with Gasteiger partial charge in [-0.25, -0.2) is 4.39 Å². The first-order valence-corrected chi connectivity index (χ1v) is 6.88. The molecule has 0 saturated carbocycles. The van der Waals surface area contributed by atoms with E-state index in [-0.39, 0.29) is 5.82 Å². The van der Waals surface area contributed by atoms with Crippen LogP contribution in [0.2, 0.25) is 0 Å². The highest BCUT2D eigenvalue weighted by Gasteiger charge is 2.08. The van der Waals surface area contributed by atoms with Crippen molar-refractivity contribution in [2.45, 2.75) is 19.8 Å². The molecule has 1 aromatic rings. The predicted molar refractivity (Wildman–Crippen MR) is 80.9 cm³/mol. The smallest absolute Gasteiger partial charge is 0.123 e. The van der Waals surface area contributed by atoms with Crippen LogP contribution in [0.3, 0.4) is 0 Å². The lowest BCUT2D eigenvalue weighted by molar-refractivity contribution is 0.339. The summed E-state index contributed by atoms with van der Waals surface area (Å²) in [7, 11) is 4.06. The lowest BCUT2D eigenvalue weighted by Crippen LogP contribution is -2.29. The average Bonchev–Trinajstić information content (AvgIpc) is 2.42. The zero-order valence-corrected chi connectivity index (χ0v) is 12.3. The Labute approximate surface area is 116 Å². The van der Waals surface area contributed by atoms with Crippen LogP contribution in [0, 0.1) is 5.82 Å². The first-order chi connectivity index (χ1) is 9.08. The SMILES string of the molecule is C=C(CC)c1cc(F)ccc1CCN(C)CCNC. The van der Waals surface area contributed by atoms with E-state index in [4.69, 9.17) is 0 Å². The highest BCUT2D eigenvalue weighted by atomic mass is 19.1. The third-order valence-electron chi connectivity index (χ3n) is 3.39. The maximum absolute atomic E-state index is 13.3. The number of allylic oxidation sites excluding steroid dienone is 1. The van der Waals surface area contributed by atoms with Crippen LogP contribution in [0.5, 0.6) is 0 Å². The van der Waals surface area contributed by atoms with E-state index >= 15 is 0 Å². The van der Waals surface area contributed by atoms with E-state index in [2.05, 4.69) is 30.8 Å². The van der Waals surface area contributed by atoms with Crippen LogP contribution >= 0.6 is 0 Å². The fourth-order valence-corrected chi connectivity index (χ4v) is 2.01. The third kappa shape index (κ3) is 5.13. The fourth-order valence-electron chi connectivity index (χ4n) is 2.01. The first kappa shape index (κ1) is 15.9. The number of hydrogen-bond acceptors (Lipinski definition) is 2. The second-order valence-electron chi connectivity index (χ2n) is 4.92. The molecule has 0 aliphatic rings. The van der Waals surface area contributed by atoms with Gasteiger partial charge in [-0.2, -0.15) is 0 Å². The normalized spacial score (nSPS) is 11.0. The number of hydrogen-bond donors (Lipinski definition) is 1. The quantitative estimate of drug-likeness (QED) is 0.776. The molecule has 0 aliphatic carbocycles. The number of nitrogens with zero attached hydrogens (tertiary/aromatic N) is 1. The van der Waals surface area contributed by atoms with E-state index in [1.165, 1.54) is 11.6 Å². The second-order valence-corrected chi connectivity index (χ2v) is 4.92. The minimum Gasteiger partial charge on any atom is -0.318 e. The minimum absolute atomic E-state index is 0.183. The van der Waals surface area contributed by atoms with Crippen molar-refractivity contribution in [1.29, 1.82) is 0 Å². The summed E-state index contributed by atoms with van der Waals surface area (Å²) in [6.07, 6.45) is 1.78. The molecule has 0 spiro atoms. The number of rotatable bonds is 8. The van der Waals surface area contributed by atoms with Gasteiger partial charge in [0.2, 0.25) is 0 Å². The Balaban J connectivity index is 2.69. The van der Waals surface area contributed by atoms with Gasteiger partial charge < -0.3 is 10.2 Å². The lowest BCUT2D eigenvalue weighted by atomic mass is 9.97. The van der Waals surface area contributed by atoms with E-state index in [0.29, 0.717) is 0 Å². The number of halogens is 1. The van der Waals surface area contributed by atoms with Gasteiger partial charge in [0.1, 0.15) is 5.82 Å². The molecule has 0 aromatic heterocycles. The summed E-state index contributed by atoms with van der Waals surface area (Å²) >= 11 is 0. The Morgan fingerprint density at radius 1 is 1.37 bits per heavy atom. The van der Waals surface area contributed by atoms with Gasteiger partial charge in [0.15, 0.2) is 0 Å². The molecular weight excluding hydrogens is 239 g/mol. The van der Waals surface area contributed by atoms with Gasteiger partial charge in [-0.1, -0.05) is 19.6 Å². The van der Waals surface area contributed by atoms with Crippen LogP contribution in [0.1, 0.15) is 24.5 Å². The van der Waals surface area contributed by atoms with Crippen molar-refractivity contribution in [3.63, 3.8) is 0 Å². The van der Waals surface area contributed by atoms with Crippen LogP contribution in [0.4, 0.5) is 4.39 Å². The summed E-state index contributed by atoms with van der Waals surface area (Å²) in [6.45, 7) is 9.05. The van der Waals surface area contributed by atoms with Crippen molar-refractivity contribution in [1.82, 2.24) is 10.2 Å². The number of nitrogens with one attached hydrogen (secondary N) is 1. The van der Waals surface area contributed by atoms with Crippen LogP contribution in [0.15, 0.2) is 24.8 Å². The molecule has 0 heterocycles. The highest BCUT2D eigenvalue weighted by molar-refractivity contribution is 5.66. The van der Waals surface area contributed by atoms with Crippen LogP contribution in [-0.4, -0.2) is 38.6 Å². The summed E-state index contributed by atoms with van der Waals surface area (Å²) in [5, 5.41) is 3.14. The number of likely N-dealkylation sites (N-methyl/N-ethyl adjacent to an activating group) is 2. The van der Waals surface area contributed by atoms with Crippen molar-refractivity contribution < 1.29 is 4.39 Å². The van der Waals surface area contributed by atoms with Crippen LogP contribution in [-0.2, 0) is 6.42 Å². The van der Waals surface area contributed by atoms with Gasteiger partial charge in [0.25, 0.3) is 0 Å². The Bertz CT molecular complexity index is 415. The Hall–Kier alpha value is -1.19. The first-order valence-electron chi connectivity index (χ1n) is 6.88. The molecule has 3 heteroatoms. The molecule has 0 bridgehead atoms. The minimum atomic E-state index is -0.183. The van der Waals surface area contributed by atoms with Gasteiger partial charge in [0, 0.05) is 19.6 Å². The monoisotopic (exact) mass is 264 g/mol. The topological polar surface area (TPSA) is 15.3 Å². The summed E-state index contributed by atoms with van der Waals surface area (Å²) in [5.74, 6) is -0.183. The Morgan fingerprint density at radius 3 is 2.74 bits per heavy atom. The van der Waals surface area contributed by atoms with Crippen molar-refractivity contribution >= 4 is 5.57 Å². The van der Waals surface area contributed by atoms with E-state index in [1.54, 1.807) is 6.07 Å². The molecule has 0 saturated heterocycles. The summed E-state index contributed by atoms with van der Waals surface area (Å²) in [5.41, 5.74) is 3.17. The molecule has 0 fully saturated rings. The largest absolute Gasteiger partial charge is 0.318 e. The van der Waals surface area contributed by atoms with Gasteiger partial charge in [-0.3, -0.25) is 0 Å². The average molecular weight is 264 g/mol. The molecule has 0 aliphatic heterocycles.